The molecule has 1 unspecified atom stereocenters. The fourth-order valence-corrected chi connectivity index (χ4v) is 4.16. The van der Waals surface area contributed by atoms with Crippen LogP contribution in [0.1, 0.15) is 17.2 Å². The molecule has 0 bridgehead atoms. The molecular formula is C17H15BrO2S. The summed E-state index contributed by atoms with van der Waals surface area (Å²) in [4.78, 5) is 0. The van der Waals surface area contributed by atoms with Crippen LogP contribution < -0.4 is 4.74 Å². The van der Waals surface area contributed by atoms with Gasteiger partial charge in [-0.1, -0.05) is 30.3 Å². The lowest BCUT2D eigenvalue weighted by Crippen LogP contribution is -2.02. The fourth-order valence-electron chi connectivity index (χ4n) is 2.49. The van der Waals surface area contributed by atoms with Crippen LogP contribution in [0.2, 0.25) is 0 Å². The second-order valence-corrected chi connectivity index (χ2v) is 6.57. The van der Waals surface area contributed by atoms with Gasteiger partial charge >= 0.3 is 0 Å². The normalized spacial score (nSPS) is 12.5. The summed E-state index contributed by atoms with van der Waals surface area (Å²) in [6, 6.07) is 13.9. The summed E-state index contributed by atoms with van der Waals surface area (Å²) in [6.45, 7) is 0. The molecule has 0 radical (unpaired) electrons. The maximum absolute atomic E-state index is 10.6. The highest BCUT2D eigenvalue weighted by atomic mass is 79.9. The predicted molar refractivity (Wildman–Crippen MR) is 91.2 cm³/mol. The van der Waals surface area contributed by atoms with Crippen molar-refractivity contribution in [2.24, 2.45) is 0 Å². The van der Waals surface area contributed by atoms with Gasteiger partial charge in [0.1, 0.15) is 5.75 Å². The van der Waals surface area contributed by atoms with Crippen molar-refractivity contribution < 1.29 is 9.84 Å². The Morgan fingerprint density at radius 3 is 2.81 bits per heavy atom. The lowest BCUT2D eigenvalue weighted by molar-refractivity contribution is 0.179. The first-order chi connectivity index (χ1) is 10.2. The second kappa shape index (κ2) is 6.18. The molecule has 0 aliphatic heterocycles. The third-order valence-corrected chi connectivity index (χ3v) is 5.52. The van der Waals surface area contributed by atoms with E-state index >= 15 is 0 Å². The molecule has 0 amide bonds. The number of halogens is 1. The van der Waals surface area contributed by atoms with E-state index in [9.17, 15) is 5.11 Å². The maximum atomic E-state index is 10.6. The van der Waals surface area contributed by atoms with Gasteiger partial charge in [0.2, 0.25) is 0 Å². The largest absolute Gasteiger partial charge is 0.496 e. The van der Waals surface area contributed by atoms with E-state index in [1.807, 2.05) is 41.8 Å². The lowest BCUT2D eigenvalue weighted by Gasteiger charge is -2.13. The number of rotatable bonds is 4. The summed E-state index contributed by atoms with van der Waals surface area (Å²) in [5.41, 5.74) is 1.99. The molecule has 1 N–H and O–H groups in total. The molecule has 0 aliphatic carbocycles. The van der Waals surface area contributed by atoms with Gasteiger partial charge in [0, 0.05) is 15.6 Å². The first-order valence-corrected chi connectivity index (χ1v) is 8.33. The number of methoxy groups -OCH3 is 1. The Labute approximate surface area is 136 Å². The van der Waals surface area contributed by atoms with E-state index in [1.165, 1.54) is 4.70 Å². The van der Waals surface area contributed by atoms with Gasteiger partial charge in [0.15, 0.2) is 0 Å². The Balaban J connectivity index is 1.94. The summed E-state index contributed by atoms with van der Waals surface area (Å²) < 4.78 is 7.60. The van der Waals surface area contributed by atoms with Crippen LogP contribution in [0.5, 0.6) is 5.75 Å². The van der Waals surface area contributed by atoms with E-state index in [-0.39, 0.29) is 0 Å². The molecule has 0 fully saturated rings. The van der Waals surface area contributed by atoms with E-state index in [0.717, 1.165) is 26.7 Å². The zero-order chi connectivity index (χ0) is 14.8. The van der Waals surface area contributed by atoms with Gasteiger partial charge in [-0.3, -0.25) is 0 Å². The number of hydrogen-bond acceptors (Lipinski definition) is 3. The second-order valence-electron chi connectivity index (χ2n) is 4.84. The number of thiophene rings is 1. The highest BCUT2D eigenvalue weighted by Gasteiger charge is 2.16. The molecule has 1 atom stereocenters. The number of benzene rings is 2. The molecule has 4 heteroatoms. The fraction of sp³-hybridized carbons (Fsp3) is 0.176. The summed E-state index contributed by atoms with van der Waals surface area (Å²) in [5.74, 6) is 0.817. The van der Waals surface area contributed by atoms with E-state index in [2.05, 4.69) is 22.0 Å². The van der Waals surface area contributed by atoms with Crippen LogP contribution >= 0.6 is 27.3 Å². The average Bonchev–Trinajstić information content (AvgIpc) is 2.93. The number of fused-ring (bicyclic) bond motifs is 1. The standard InChI is InChI=1S/C17H15BrO2S/c1-20-16-8-3-2-5-11(16)9-15(19)13-10-21-17-12(13)6-4-7-14(17)18/h2-8,10,15,19H,9H2,1H3. The molecule has 21 heavy (non-hydrogen) atoms. The third kappa shape index (κ3) is 2.84. The molecule has 1 aromatic heterocycles. The molecule has 108 valence electrons. The third-order valence-electron chi connectivity index (χ3n) is 3.55. The van der Waals surface area contributed by atoms with Crippen molar-refractivity contribution >= 4 is 37.4 Å². The van der Waals surface area contributed by atoms with Gasteiger partial charge < -0.3 is 9.84 Å². The van der Waals surface area contributed by atoms with Crippen molar-refractivity contribution in [3.63, 3.8) is 0 Å². The molecule has 0 saturated heterocycles. The Morgan fingerprint density at radius 2 is 2.00 bits per heavy atom. The predicted octanol–water partition coefficient (Wildman–Crippen LogP) is 4.95. The van der Waals surface area contributed by atoms with Crippen LogP contribution in [0.3, 0.4) is 0 Å². The number of hydrogen-bond donors (Lipinski definition) is 1. The van der Waals surface area contributed by atoms with Crippen molar-refractivity contribution in [1.82, 2.24) is 0 Å². The number of aliphatic hydroxyl groups excluding tert-OH is 1. The summed E-state index contributed by atoms with van der Waals surface area (Å²) in [7, 11) is 1.66. The maximum Gasteiger partial charge on any atom is 0.122 e. The smallest absolute Gasteiger partial charge is 0.122 e. The van der Waals surface area contributed by atoms with Gasteiger partial charge in [-0.25, -0.2) is 0 Å². The van der Waals surface area contributed by atoms with Gasteiger partial charge in [0.25, 0.3) is 0 Å². The highest BCUT2D eigenvalue weighted by Crippen LogP contribution is 2.36. The van der Waals surface area contributed by atoms with Gasteiger partial charge in [0.05, 0.1) is 13.2 Å². The molecule has 2 aromatic carbocycles. The average molecular weight is 363 g/mol. The van der Waals surface area contributed by atoms with Gasteiger partial charge in [-0.05, 0) is 50.0 Å². The summed E-state index contributed by atoms with van der Waals surface area (Å²) in [6.07, 6.45) is 0.00637. The molecule has 3 aromatic rings. The minimum atomic E-state index is -0.538. The van der Waals surface area contributed by atoms with E-state index in [4.69, 9.17) is 4.74 Å². The number of aliphatic hydroxyl groups is 1. The molecule has 2 nitrogen and oxygen atoms in total. The van der Waals surface area contributed by atoms with Crippen molar-refractivity contribution in [3.8, 4) is 5.75 Å². The van der Waals surface area contributed by atoms with Crippen LogP contribution in [-0.2, 0) is 6.42 Å². The summed E-state index contributed by atoms with van der Waals surface area (Å²) in [5, 5.41) is 13.8. The van der Waals surface area contributed by atoms with Crippen LogP contribution in [0, 0.1) is 0 Å². The minimum absolute atomic E-state index is 0.538. The van der Waals surface area contributed by atoms with Crippen molar-refractivity contribution in [2.75, 3.05) is 7.11 Å². The van der Waals surface area contributed by atoms with E-state index in [0.29, 0.717) is 6.42 Å². The van der Waals surface area contributed by atoms with Gasteiger partial charge in [-0.2, -0.15) is 0 Å². The Hall–Kier alpha value is -1.36. The van der Waals surface area contributed by atoms with E-state index in [1.54, 1.807) is 18.4 Å². The van der Waals surface area contributed by atoms with Gasteiger partial charge in [-0.15, -0.1) is 11.3 Å². The topological polar surface area (TPSA) is 29.5 Å². The molecular weight excluding hydrogens is 348 g/mol. The zero-order valence-corrected chi connectivity index (χ0v) is 13.9. The van der Waals surface area contributed by atoms with Crippen LogP contribution in [0.15, 0.2) is 52.3 Å². The highest BCUT2D eigenvalue weighted by molar-refractivity contribution is 9.10. The van der Waals surface area contributed by atoms with Crippen LogP contribution in [0.25, 0.3) is 10.1 Å². The van der Waals surface area contributed by atoms with E-state index < -0.39 is 6.10 Å². The zero-order valence-electron chi connectivity index (χ0n) is 11.5. The Bertz CT molecular complexity index is 766. The summed E-state index contributed by atoms with van der Waals surface area (Å²) >= 11 is 5.21. The quantitative estimate of drug-likeness (QED) is 0.711. The molecule has 0 aliphatic rings. The number of para-hydroxylation sites is 1. The van der Waals surface area contributed by atoms with Crippen LogP contribution in [-0.4, -0.2) is 12.2 Å². The van der Waals surface area contributed by atoms with Crippen LogP contribution in [0.4, 0.5) is 0 Å². The first-order valence-electron chi connectivity index (χ1n) is 6.66. The number of ether oxygens (including phenoxy) is 1. The van der Waals surface area contributed by atoms with Crippen molar-refractivity contribution in [2.45, 2.75) is 12.5 Å². The Morgan fingerprint density at radius 1 is 1.19 bits per heavy atom. The molecule has 0 saturated carbocycles. The minimum Gasteiger partial charge on any atom is -0.496 e. The van der Waals surface area contributed by atoms with Crippen molar-refractivity contribution in [1.29, 1.82) is 0 Å². The molecule has 3 rings (SSSR count). The van der Waals surface area contributed by atoms with Crippen molar-refractivity contribution in [3.05, 3.63) is 63.4 Å². The molecule has 0 spiro atoms. The lowest BCUT2D eigenvalue weighted by atomic mass is 10.0. The monoisotopic (exact) mass is 362 g/mol. The Kier molecular flexibility index (Phi) is 4.29. The first kappa shape index (κ1) is 14.6. The SMILES string of the molecule is COc1ccccc1CC(O)c1csc2c(Br)cccc12. The molecule has 1 heterocycles.